The summed E-state index contributed by atoms with van der Waals surface area (Å²) < 4.78 is 0. The molecule has 0 saturated heterocycles. The molecule has 1 atom stereocenters. The first-order valence-corrected chi connectivity index (χ1v) is 4.23. The molecule has 1 aromatic carbocycles. The summed E-state index contributed by atoms with van der Waals surface area (Å²) in [5.41, 5.74) is 1.37. The van der Waals surface area contributed by atoms with E-state index in [1.165, 1.54) is 0 Å². The van der Waals surface area contributed by atoms with Crippen molar-refractivity contribution in [3.63, 3.8) is 0 Å². The van der Waals surface area contributed by atoms with Crippen molar-refractivity contribution in [1.29, 1.82) is 0 Å². The summed E-state index contributed by atoms with van der Waals surface area (Å²) in [6, 6.07) is 7.59. The van der Waals surface area contributed by atoms with Crippen molar-refractivity contribution in [3.8, 4) is 0 Å². The minimum Gasteiger partial charge on any atom is -0.339 e. The van der Waals surface area contributed by atoms with Crippen LogP contribution < -0.4 is 5.32 Å². The number of carbonyl (C=O) groups excluding carboxylic acids is 1. The third-order valence-electron chi connectivity index (χ3n) is 2.51. The van der Waals surface area contributed by atoms with E-state index in [0.717, 1.165) is 11.1 Å². The zero-order valence-corrected chi connectivity index (χ0v) is 7.50. The number of rotatable bonds is 1. The molecule has 1 amide bonds. The molecular weight excluding hydrogens is 162 g/mol. The van der Waals surface area contributed by atoms with Crippen molar-refractivity contribution in [2.24, 2.45) is 0 Å². The van der Waals surface area contributed by atoms with Crippen LogP contribution in [-0.4, -0.2) is 5.91 Å². The summed E-state index contributed by atoms with van der Waals surface area (Å²) in [4.78, 5) is 11.5. The molecular formula is C11H11NO. The fourth-order valence-electron chi connectivity index (χ4n) is 1.67. The minimum absolute atomic E-state index is 0.0157. The highest BCUT2D eigenvalue weighted by molar-refractivity contribution is 6.00. The van der Waals surface area contributed by atoms with E-state index < -0.39 is 5.54 Å². The van der Waals surface area contributed by atoms with Gasteiger partial charge in [-0.15, -0.1) is 6.58 Å². The van der Waals surface area contributed by atoms with Gasteiger partial charge in [-0.2, -0.15) is 0 Å². The van der Waals surface area contributed by atoms with Crippen LogP contribution in [0.2, 0.25) is 0 Å². The third-order valence-corrected chi connectivity index (χ3v) is 2.51. The van der Waals surface area contributed by atoms with Crippen molar-refractivity contribution in [2.75, 3.05) is 0 Å². The Labute approximate surface area is 77.3 Å². The van der Waals surface area contributed by atoms with Crippen LogP contribution in [0.4, 0.5) is 0 Å². The molecule has 66 valence electrons. The lowest BCUT2D eigenvalue weighted by Gasteiger charge is -2.20. The van der Waals surface area contributed by atoms with Gasteiger partial charge in [-0.3, -0.25) is 4.79 Å². The van der Waals surface area contributed by atoms with Crippen LogP contribution >= 0.6 is 0 Å². The molecule has 2 nitrogen and oxygen atoms in total. The van der Waals surface area contributed by atoms with E-state index in [1.54, 1.807) is 6.08 Å². The largest absolute Gasteiger partial charge is 0.339 e. The van der Waals surface area contributed by atoms with Gasteiger partial charge in [0.2, 0.25) is 0 Å². The summed E-state index contributed by atoms with van der Waals surface area (Å²) in [6.07, 6.45) is 1.76. The van der Waals surface area contributed by atoms with Crippen molar-refractivity contribution in [3.05, 3.63) is 48.0 Å². The summed E-state index contributed by atoms with van der Waals surface area (Å²) in [7, 11) is 0. The molecule has 0 fully saturated rings. The molecule has 0 aliphatic carbocycles. The zero-order chi connectivity index (χ0) is 9.47. The first kappa shape index (κ1) is 8.05. The quantitative estimate of drug-likeness (QED) is 0.645. The van der Waals surface area contributed by atoms with Gasteiger partial charge < -0.3 is 5.32 Å². The second-order valence-corrected chi connectivity index (χ2v) is 3.41. The predicted molar refractivity (Wildman–Crippen MR) is 51.5 cm³/mol. The van der Waals surface area contributed by atoms with Crippen molar-refractivity contribution in [2.45, 2.75) is 12.5 Å². The SMILES string of the molecule is C=CC1(C)NC(=O)c2ccccc21. The van der Waals surface area contributed by atoms with E-state index in [-0.39, 0.29) is 5.91 Å². The topological polar surface area (TPSA) is 29.1 Å². The first-order chi connectivity index (χ1) is 6.17. The Bertz CT molecular complexity index is 383. The van der Waals surface area contributed by atoms with Crippen molar-refractivity contribution >= 4 is 5.91 Å². The molecule has 0 bridgehead atoms. The Morgan fingerprint density at radius 2 is 2.15 bits per heavy atom. The van der Waals surface area contributed by atoms with Crippen LogP contribution in [0.15, 0.2) is 36.9 Å². The number of benzene rings is 1. The maximum atomic E-state index is 11.5. The number of nitrogens with one attached hydrogen (secondary N) is 1. The molecule has 13 heavy (non-hydrogen) atoms. The molecule has 1 N–H and O–H groups in total. The second-order valence-electron chi connectivity index (χ2n) is 3.41. The fourth-order valence-corrected chi connectivity index (χ4v) is 1.67. The Balaban J connectivity index is 2.66. The molecule has 0 radical (unpaired) electrons. The van der Waals surface area contributed by atoms with Gasteiger partial charge in [0.15, 0.2) is 0 Å². The fraction of sp³-hybridized carbons (Fsp3) is 0.182. The number of fused-ring (bicyclic) bond motifs is 1. The Morgan fingerprint density at radius 1 is 1.46 bits per heavy atom. The Kier molecular flexibility index (Phi) is 1.52. The Hall–Kier alpha value is -1.57. The van der Waals surface area contributed by atoms with Crippen LogP contribution in [-0.2, 0) is 5.54 Å². The van der Waals surface area contributed by atoms with Gasteiger partial charge in [0.25, 0.3) is 5.91 Å². The van der Waals surface area contributed by atoms with Gasteiger partial charge >= 0.3 is 0 Å². The van der Waals surface area contributed by atoms with Crippen molar-refractivity contribution < 1.29 is 4.79 Å². The van der Waals surface area contributed by atoms with Gasteiger partial charge in [0, 0.05) is 5.56 Å². The maximum absolute atomic E-state index is 11.5. The number of amides is 1. The van der Waals surface area contributed by atoms with Gasteiger partial charge in [-0.1, -0.05) is 24.3 Å². The van der Waals surface area contributed by atoms with E-state index in [0.29, 0.717) is 0 Å². The molecule has 1 heterocycles. The van der Waals surface area contributed by atoms with Gasteiger partial charge in [-0.25, -0.2) is 0 Å². The van der Waals surface area contributed by atoms with Crippen LogP contribution in [0.5, 0.6) is 0 Å². The normalized spacial score (nSPS) is 25.2. The van der Waals surface area contributed by atoms with Gasteiger partial charge in [-0.05, 0) is 18.6 Å². The molecule has 1 aliphatic heterocycles. The first-order valence-electron chi connectivity index (χ1n) is 4.23. The maximum Gasteiger partial charge on any atom is 0.252 e. The smallest absolute Gasteiger partial charge is 0.252 e. The molecule has 1 aromatic rings. The van der Waals surface area contributed by atoms with E-state index in [4.69, 9.17) is 0 Å². The summed E-state index contributed by atoms with van der Waals surface area (Å²) in [5.74, 6) is -0.0157. The average Bonchev–Trinajstić information content (AvgIpc) is 2.42. The standard InChI is InChI=1S/C11H11NO/c1-3-11(2)9-7-5-4-6-8(9)10(13)12-11/h3-7H,1H2,2H3,(H,12,13). The highest BCUT2D eigenvalue weighted by Crippen LogP contribution is 2.31. The zero-order valence-electron chi connectivity index (χ0n) is 7.50. The van der Waals surface area contributed by atoms with Gasteiger partial charge in [0.1, 0.15) is 0 Å². The second kappa shape index (κ2) is 2.46. The average molecular weight is 173 g/mol. The van der Waals surface area contributed by atoms with E-state index in [1.807, 2.05) is 31.2 Å². The Morgan fingerprint density at radius 3 is 2.85 bits per heavy atom. The summed E-state index contributed by atoms with van der Waals surface area (Å²) in [6.45, 7) is 5.68. The lowest BCUT2D eigenvalue weighted by molar-refractivity contribution is 0.0946. The molecule has 0 spiro atoms. The van der Waals surface area contributed by atoms with E-state index in [2.05, 4.69) is 11.9 Å². The summed E-state index contributed by atoms with van der Waals surface area (Å²) >= 11 is 0. The number of hydrogen-bond acceptors (Lipinski definition) is 1. The predicted octanol–water partition coefficient (Wildman–Crippen LogP) is 1.83. The molecule has 0 saturated carbocycles. The van der Waals surface area contributed by atoms with E-state index >= 15 is 0 Å². The van der Waals surface area contributed by atoms with Gasteiger partial charge in [0.05, 0.1) is 5.54 Å². The lowest BCUT2D eigenvalue weighted by Crippen LogP contribution is -2.33. The van der Waals surface area contributed by atoms with Crippen LogP contribution in [0, 0.1) is 0 Å². The molecule has 0 aromatic heterocycles. The molecule has 1 aliphatic rings. The summed E-state index contributed by atoms with van der Waals surface area (Å²) in [5, 5.41) is 2.89. The highest BCUT2D eigenvalue weighted by Gasteiger charge is 2.35. The van der Waals surface area contributed by atoms with Crippen LogP contribution in [0.1, 0.15) is 22.8 Å². The molecule has 2 heteroatoms. The monoisotopic (exact) mass is 173 g/mol. The molecule has 1 unspecified atom stereocenters. The number of carbonyl (C=O) groups is 1. The van der Waals surface area contributed by atoms with Crippen LogP contribution in [0.25, 0.3) is 0 Å². The highest BCUT2D eigenvalue weighted by atomic mass is 16.2. The van der Waals surface area contributed by atoms with Crippen LogP contribution in [0.3, 0.4) is 0 Å². The third kappa shape index (κ3) is 0.985. The van der Waals surface area contributed by atoms with Crippen molar-refractivity contribution in [1.82, 2.24) is 5.32 Å². The molecule has 2 rings (SSSR count). The van der Waals surface area contributed by atoms with E-state index in [9.17, 15) is 4.79 Å². The minimum atomic E-state index is -0.395. The number of hydrogen-bond donors (Lipinski definition) is 1. The lowest BCUT2D eigenvalue weighted by atomic mass is 9.93.